The minimum Gasteiger partial charge on any atom is -0.390 e. The van der Waals surface area contributed by atoms with Gasteiger partial charge in [0, 0.05) is 11.3 Å². The molecule has 1 heterocycles. The Labute approximate surface area is 124 Å². The van der Waals surface area contributed by atoms with Gasteiger partial charge in [-0.2, -0.15) is 0 Å². The van der Waals surface area contributed by atoms with Crippen LogP contribution in [0, 0.1) is 0 Å². The van der Waals surface area contributed by atoms with Crippen molar-refractivity contribution in [3.63, 3.8) is 0 Å². The lowest BCUT2D eigenvalue weighted by molar-refractivity contribution is 0.190. The zero-order valence-electron chi connectivity index (χ0n) is 11.4. The molecule has 2 aromatic carbocycles. The minimum absolute atomic E-state index is 0.0305. The van der Waals surface area contributed by atoms with Crippen molar-refractivity contribution in [3.05, 3.63) is 54.6 Å². The maximum Gasteiger partial charge on any atom is 0.155 e. The molecule has 2 atom stereocenters. The van der Waals surface area contributed by atoms with Crippen molar-refractivity contribution in [2.45, 2.75) is 12.1 Å². The van der Waals surface area contributed by atoms with Gasteiger partial charge in [-0.3, -0.25) is 0 Å². The van der Waals surface area contributed by atoms with Gasteiger partial charge in [0.1, 0.15) is 0 Å². The van der Waals surface area contributed by atoms with Crippen LogP contribution >= 0.6 is 0 Å². The number of hydrogen-bond donors (Lipinski definition) is 2. The van der Waals surface area contributed by atoms with Gasteiger partial charge in [-0.05, 0) is 11.6 Å². The van der Waals surface area contributed by atoms with Crippen LogP contribution in [-0.2, 0) is 9.84 Å². The van der Waals surface area contributed by atoms with Gasteiger partial charge in [0.2, 0.25) is 0 Å². The second-order valence-electron chi connectivity index (χ2n) is 5.31. The molecule has 110 valence electrons. The summed E-state index contributed by atoms with van der Waals surface area (Å²) >= 11 is 0. The van der Waals surface area contributed by atoms with Crippen molar-refractivity contribution in [2.75, 3.05) is 16.8 Å². The van der Waals surface area contributed by atoms with Gasteiger partial charge in [-0.15, -0.1) is 0 Å². The van der Waals surface area contributed by atoms with E-state index in [1.807, 2.05) is 54.6 Å². The predicted octanol–water partition coefficient (Wildman–Crippen LogP) is 1.92. The van der Waals surface area contributed by atoms with Crippen LogP contribution in [0.15, 0.2) is 54.6 Å². The smallest absolute Gasteiger partial charge is 0.155 e. The maximum atomic E-state index is 11.6. The van der Waals surface area contributed by atoms with E-state index in [1.54, 1.807) is 0 Å². The number of anilines is 1. The highest BCUT2D eigenvalue weighted by Gasteiger charge is 2.36. The lowest BCUT2D eigenvalue weighted by Crippen LogP contribution is -2.32. The number of aliphatic hydroxyl groups excluding tert-OH is 1. The fourth-order valence-electron chi connectivity index (χ4n) is 2.65. The van der Waals surface area contributed by atoms with E-state index < -0.39 is 22.0 Å². The summed E-state index contributed by atoms with van der Waals surface area (Å²) in [6, 6.07) is 17.1. The number of para-hydroxylation sites is 1. The van der Waals surface area contributed by atoms with Crippen molar-refractivity contribution in [1.82, 2.24) is 0 Å². The maximum absolute atomic E-state index is 11.6. The highest BCUT2D eigenvalue weighted by molar-refractivity contribution is 7.91. The third-order valence-electron chi connectivity index (χ3n) is 3.68. The van der Waals surface area contributed by atoms with Gasteiger partial charge in [0.05, 0.1) is 23.7 Å². The Bertz CT molecular complexity index is 728. The monoisotopic (exact) mass is 303 g/mol. The average molecular weight is 303 g/mol. The van der Waals surface area contributed by atoms with Crippen LogP contribution in [0.2, 0.25) is 0 Å². The van der Waals surface area contributed by atoms with Crippen molar-refractivity contribution in [1.29, 1.82) is 0 Å². The molecule has 0 bridgehead atoms. The molecule has 4 nitrogen and oxygen atoms in total. The first-order valence-corrected chi connectivity index (χ1v) is 8.67. The van der Waals surface area contributed by atoms with Crippen LogP contribution in [0.1, 0.15) is 0 Å². The number of aliphatic hydroxyl groups is 1. The van der Waals surface area contributed by atoms with Crippen LogP contribution in [0.5, 0.6) is 0 Å². The first kappa shape index (κ1) is 14.1. The average Bonchev–Trinajstić information content (AvgIpc) is 2.73. The van der Waals surface area contributed by atoms with E-state index >= 15 is 0 Å². The van der Waals surface area contributed by atoms with Crippen molar-refractivity contribution < 1.29 is 13.5 Å². The lowest BCUT2D eigenvalue weighted by atomic mass is 10.0. The van der Waals surface area contributed by atoms with Crippen LogP contribution in [-0.4, -0.2) is 37.2 Å². The summed E-state index contributed by atoms with van der Waals surface area (Å²) in [7, 11) is -3.15. The van der Waals surface area contributed by atoms with E-state index in [4.69, 9.17) is 0 Å². The van der Waals surface area contributed by atoms with E-state index in [2.05, 4.69) is 5.32 Å². The molecule has 2 unspecified atom stereocenters. The van der Waals surface area contributed by atoms with Crippen molar-refractivity contribution in [3.8, 4) is 11.1 Å². The van der Waals surface area contributed by atoms with E-state index in [9.17, 15) is 13.5 Å². The van der Waals surface area contributed by atoms with Crippen LogP contribution in [0.4, 0.5) is 5.69 Å². The third kappa shape index (κ3) is 3.09. The Morgan fingerprint density at radius 1 is 0.952 bits per heavy atom. The van der Waals surface area contributed by atoms with Gasteiger partial charge in [-0.25, -0.2) is 8.42 Å². The normalized spacial score (nSPS) is 23.9. The molecular formula is C16H17NO3S. The summed E-state index contributed by atoms with van der Waals surface area (Å²) in [6.45, 7) is 0. The molecule has 0 radical (unpaired) electrons. The molecule has 0 aromatic heterocycles. The molecule has 1 saturated heterocycles. The topological polar surface area (TPSA) is 66.4 Å². The van der Waals surface area contributed by atoms with Crippen molar-refractivity contribution in [2.24, 2.45) is 0 Å². The van der Waals surface area contributed by atoms with Crippen molar-refractivity contribution >= 4 is 15.5 Å². The van der Waals surface area contributed by atoms with Crippen LogP contribution in [0.3, 0.4) is 0 Å². The molecule has 0 amide bonds. The molecule has 1 aliphatic rings. The zero-order valence-corrected chi connectivity index (χ0v) is 12.3. The SMILES string of the molecule is O=S1(=O)CC(O)C(Nc2ccccc2-c2ccccc2)C1. The van der Waals surface area contributed by atoms with Crippen LogP contribution < -0.4 is 5.32 Å². The summed E-state index contributed by atoms with van der Waals surface area (Å²) in [5, 5.41) is 13.1. The summed E-state index contributed by atoms with van der Waals surface area (Å²) < 4.78 is 23.2. The third-order valence-corrected chi connectivity index (χ3v) is 5.39. The molecule has 0 saturated carbocycles. The molecule has 5 heteroatoms. The van der Waals surface area contributed by atoms with E-state index in [1.165, 1.54) is 0 Å². The summed E-state index contributed by atoms with van der Waals surface area (Å²) in [6.07, 6.45) is -0.862. The predicted molar refractivity (Wildman–Crippen MR) is 83.9 cm³/mol. The number of benzene rings is 2. The molecule has 1 fully saturated rings. The Balaban J connectivity index is 1.90. The van der Waals surface area contributed by atoms with Gasteiger partial charge >= 0.3 is 0 Å². The van der Waals surface area contributed by atoms with Gasteiger partial charge in [0.25, 0.3) is 0 Å². The fraction of sp³-hybridized carbons (Fsp3) is 0.250. The Morgan fingerprint density at radius 3 is 2.29 bits per heavy atom. The number of hydrogen-bond acceptors (Lipinski definition) is 4. The molecule has 3 rings (SSSR count). The number of rotatable bonds is 3. The molecular weight excluding hydrogens is 286 g/mol. The highest BCUT2D eigenvalue weighted by Crippen LogP contribution is 2.29. The molecule has 1 aliphatic heterocycles. The highest BCUT2D eigenvalue weighted by atomic mass is 32.2. The second kappa shape index (κ2) is 5.50. The van der Waals surface area contributed by atoms with Gasteiger partial charge in [-0.1, -0.05) is 48.5 Å². The summed E-state index contributed by atoms with van der Waals surface area (Å²) in [5.74, 6) is -0.199. The summed E-state index contributed by atoms with van der Waals surface area (Å²) in [4.78, 5) is 0. The van der Waals surface area contributed by atoms with Gasteiger partial charge < -0.3 is 10.4 Å². The molecule has 0 aliphatic carbocycles. The Kier molecular flexibility index (Phi) is 3.69. The number of nitrogens with one attached hydrogen (secondary N) is 1. The standard InChI is InChI=1S/C16H17NO3S/c18-16-11-21(19,20)10-15(16)17-14-9-5-4-8-13(14)12-6-2-1-3-7-12/h1-9,15-18H,10-11H2. The zero-order chi connectivity index (χ0) is 14.9. The molecule has 2 aromatic rings. The fourth-order valence-corrected chi connectivity index (χ4v) is 4.39. The van der Waals surface area contributed by atoms with Gasteiger partial charge in [0.15, 0.2) is 9.84 Å². The van der Waals surface area contributed by atoms with E-state index in [-0.39, 0.29) is 11.5 Å². The molecule has 2 N–H and O–H groups in total. The quantitative estimate of drug-likeness (QED) is 0.909. The number of sulfone groups is 1. The first-order chi connectivity index (χ1) is 10.1. The first-order valence-electron chi connectivity index (χ1n) is 6.85. The Morgan fingerprint density at radius 2 is 1.62 bits per heavy atom. The van der Waals surface area contributed by atoms with Crippen LogP contribution in [0.25, 0.3) is 11.1 Å². The second-order valence-corrected chi connectivity index (χ2v) is 7.46. The Hall–Kier alpha value is -1.85. The largest absolute Gasteiger partial charge is 0.390 e. The summed E-state index contributed by atoms with van der Waals surface area (Å²) in [5.41, 5.74) is 2.88. The van der Waals surface area contributed by atoms with E-state index in [0.29, 0.717) is 0 Å². The van der Waals surface area contributed by atoms with E-state index in [0.717, 1.165) is 16.8 Å². The lowest BCUT2D eigenvalue weighted by Gasteiger charge is -2.19. The molecule has 0 spiro atoms. The molecule has 21 heavy (non-hydrogen) atoms. The minimum atomic E-state index is -3.15.